The number of rotatable bonds is 1. The summed E-state index contributed by atoms with van der Waals surface area (Å²) in [5, 5.41) is 12.5. The number of aliphatic hydroxyl groups excluding tert-OH is 1. The zero-order chi connectivity index (χ0) is 18.0. The van der Waals surface area contributed by atoms with E-state index in [2.05, 4.69) is 5.10 Å². The quantitative estimate of drug-likeness (QED) is 0.626. The van der Waals surface area contributed by atoms with Crippen LogP contribution in [0, 0.1) is 17.5 Å². The Morgan fingerprint density at radius 3 is 2.17 bits per heavy atom. The molecule has 1 aliphatic carbocycles. The van der Waals surface area contributed by atoms with Crippen molar-refractivity contribution in [2.24, 2.45) is 0 Å². The Balaban J connectivity index is 2.27. The Labute approximate surface area is 128 Å². The normalized spacial score (nSPS) is 19.6. The monoisotopic (exact) mass is 358 g/mol. The Bertz CT molecular complexity index is 803. The van der Waals surface area contributed by atoms with Crippen LogP contribution in [0.3, 0.4) is 0 Å². The molecule has 0 spiro atoms. The maximum Gasteiger partial charge on any atom is 0.435 e. The minimum atomic E-state index is -5.19. The highest BCUT2D eigenvalue weighted by atomic mass is 19.4. The van der Waals surface area contributed by atoms with Gasteiger partial charge in [-0.25, -0.2) is 26.6 Å². The third kappa shape index (κ3) is 2.34. The van der Waals surface area contributed by atoms with Crippen molar-refractivity contribution in [1.29, 1.82) is 0 Å². The van der Waals surface area contributed by atoms with E-state index in [1.807, 2.05) is 0 Å². The summed E-state index contributed by atoms with van der Waals surface area (Å²) in [5.41, 5.74) is -4.45. The Morgan fingerprint density at radius 1 is 1.12 bits per heavy atom. The SMILES string of the molecule is O[C@H]1c2c(C(F)(F)F)nn(-c3cc(F)c(F)c(F)c3)c2CC1(F)F. The molecular formula is C13H6F8N2O. The number of hydrogen-bond donors (Lipinski definition) is 1. The molecule has 1 aliphatic rings. The summed E-state index contributed by atoms with van der Waals surface area (Å²) in [6.45, 7) is 0. The number of halogens is 8. The molecule has 2 aromatic rings. The van der Waals surface area contributed by atoms with Gasteiger partial charge in [0.15, 0.2) is 23.1 Å². The molecule has 0 aliphatic heterocycles. The van der Waals surface area contributed by atoms with Crippen molar-refractivity contribution in [3.05, 3.63) is 46.5 Å². The van der Waals surface area contributed by atoms with Gasteiger partial charge in [0.2, 0.25) is 0 Å². The molecule has 1 atom stereocenters. The number of benzene rings is 1. The van der Waals surface area contributed by atoms with Gasteiger partial charge in [0.1, 0.15) is 6.10 Å². The van der Waals surface area contributed by atoms with E-state index in [4.69, 9.17) is 0 Å². The summed E-state index contributed by atoms with van der Waals surface area (Å²) in [6.07, 6.45) is -9.28. The maximum atomic E-state index is 13.6. The highest BCUT2D eigenvalue weighted by molar-refractivity contribution is 5.44. The molecule has 3 nitrogen and oxygen atoms in total. The predicted octanol–water partition coefficient (Wildman–Crippen LogP) is 3.53. The van der Waals surface area contributed by atoms with Gasteiger partial charge in [-0.3, -0.25) is 0 Å². The van der Waals surface area contributed by atoms with E-state index in [9.17, 15) is 40.2 Å². The minimum absolute atomic E-state index is 0.230. The molecule has 0 radical (unpaired) electrons. The van der Waals surface area contributed by atoms with Crippen LogP contribution < -0.4 is 0 Å². The summed E-state index contributed by atoms with van der Waals surface area (Å²) in [5.74, 6) is -9.24. The first-order valence-electron chi connectivity index (χ1n) is 6.33. The number of nitrogens with zero attached hydrogens (tertiary/aromatic N) is 2. The van der Waals surface area contributed by atoms with Crippen molar-refractivity contribution in [2.75, 3.05) is 0 Å². The lowest BCUT2D eigenvalue weighted by atomic mass is 10.1. The maximum absolute atomic E-state index is 13.6. The second kappa shape index (κ2) is 4.91. The summed E-state index contributed by atoms with van der Waals surface area (Å²) < 4.78 is 106. The molecule has 0 saturated heterocycles. The fourth-order valence-electron chi connectivity index (χ4n) is 2.54. The van der Waals surface area contributed by atoms with Crippen LogP contribution in [0.2, 0.25) is 0 Å². The lowest BCUT2D eigenvalue weighted by Crippen LogP contribution is -2.24. The van der Waals surface area contributed by atoms with Crippen LogP contribution in [0.5, 0.6) is 0 Å². The third-order valence-corrected chi connectivity index (χ3v) is 3.58. The van der Waals surface area contributed by atoms with E-state index < -0.39 is 64.7 Å². The van der Waals surface area contributed by atoms with E-state index in [0.717, 1.165) is 0 Å². The first-order valence-corrected chi connectivity index (χ1v) is 6.33. The highest BCUT2D eigenvalue weighted by Gasteiger charge is 2.54. The first kappa shape index (κ1) is 16.7. The molecule has 1 N–H and O–H groups in total. The van der Waals surface area contributed by atoms with E-state index >= 15 is 0 Å². The fourth-order valence-corrected chi connectivity index (χ4v) is 2.54. The van der Waals surface area contributed by atoms with E-state index in [-0.39, 0.29) is 4.68 Å². The highest BCUT2D eigenvalue weighted by Crippen LogP contribution is 2.48. The molecule has 0 bridgehead atoms. The van der Waals surface area contributed by atoms with Crippen LogP contribution in [0.15, 0.2) is 12.1 Å². The molecule has 1 aromatic heterocycles. The van der Waals surface area contributed by atoms with Crippen LogP contribution in [0.4, 0.5) is 35.1 Å². The zero-order valence-electron chi connectivity index (χ0n) is 11.3. The van der Waals surface area contributed by atoms with Crippen molar-refractivity contribution in [1.82, 2.24) is 9.78 Å². The molecule has 0 fully saturated rings. The van der Waals surface area contributed by atoms with Gasteiger partial charge in [0.05, 0.1) is 17.8 Å². The van der Waals surface area contributed by atoms with Crippen molar-refractivity contribution in [2.45, 2.75) is 24.6 Å². The van der Waals surface area contributed by atoms with Gasteiger partial charge in [-0.15, -0.1) is 0 Å². The van der Waals surface area contributed by atoms with Crippen LogP contribution >= 0.6 is 0 Å². The Hall–Kier alpha value is -2.17. The predicted molar refractivity (Wildman–Crippen MR) is 62.1 cm³/mol. The van der Waals surface area contributed by atoms with E-state index in [1.54, 1.807) is 0 Å². The smallest absolute Gasteiger partial charge is 0.382 e. The average Bonchev–Trinajstić information content (AvgIpc) is 2.91. The molecule has 0 amide bonds. The molecule has 130 valence electrons. The summed E-state index contributed by atoms with van der Waals surface area (Å²) in [4.78, 5) is 0. The van der Waals surface area contributed by atoms with E-state index in [1.165, 1.54) is 0 Å². The molecule has 0 unspecified atom stereocenters. The summed E-state index contributed by atoms with van der Waals surface area (Å²) in [6, 6.07) is 0.628. The van der Waals surface area contributed by atoms with E-state index in [0.29, 0.717) is 12.1 Å². The van der Waals surface area contributed by atoms with Crippen molar-refractivity contribution in [3.8, 4) is 5.69 Å². The molecule has 1 aromatic carbocycles. The zero-order valence-corrected chi connectivity index (χ0v) is 11.3. The molecule has 1 heterocycles. The molecule has 0 saturated carbocycles. The molecule has 3 rings (SSSR count). The first-order chi connectivity index (χ1) is 10.9. The number of hydrogen-bond acceptors (Lipinski definition) is 2. The fraction of sp³-hybridized carbons (Fsp3) is 0.308. The third-order valence-electron chi connectivity index (χ3n) is 3.58. The van der Waals surface area contributed by atoms with Crippen molar-refractivity contribution < 1.29 is 40.2 Å². The van der Waals surface area contributed by atoms with Gasteiger partial charge in [-0.1, -0.05) is 0 Å². The van der Waals surface area contributed by atoms with Gasteiger partial charge < -0.3 is 5.11 Å². The summed E-state index contributed by atoms with van der Waals surface area (Å²) in [7, 11) is 0. The topological polar surface area (TPSA) is 38.1 Å². The number of aliphatic hydroxyl groups is 1. The van der Waals surface area contributed by atoms with Gasteiger partial charge in [-0.05, 0) is 0 Å². The largest absolute Gasteiger partial charge is 0.435 e. The van der Waals surface area contributed by atoms with Gasteiger partial charge in [0.25, 0.3) is 5.92 Å². The van der Waals surface area contributed by atoms with Gasteiger partial charge in [-0.2, -0.15) is 18.3 Å². The molecule has 24 heavy (non-hydrogen) atoms. The van der Waals surface area contributed by atoms with Crippen LogP contribution in [0.1, 0.15) is 23.1 Å². The minimum Gasteiger partial charge on any atom is -0.382 e. The lowest BCUT2D eigenvalue weighted by molar-refractivity contribution is -0.146. The Kier molecular flexibility index (Phi) is 3.41. The number of fused-ring (bicyclic) bond motifs is 1. The lowest BCUT2D eigenvalue weighted by Gasteiger charge is -2.15. The Morgan fingerprint density at radius 2 is 1.67 bits per heavy atom. The number of alkyl halides is 5. The second-order valence-electron chi connectivity index (χ2n) is 5.18. The second-order valence-corrected chi connectivity index (χ2v) is 5.18. The van der Waals surface area contributed by atoms with Crippen LogP contribution in [-0.2, 0) is 12.6 Å². The van der Waals surface area contributed by atoms with Gasteiger partial charge in [0, 0.05) is 17.7 Å². The number of aromatic nitrogens is 2. The molecular weight excluding hydrogens is 352 g/mol. The van der Waals surface area contributed by atoms with Crippen LogP contribution in [0.25, 0.3) is 5.69 Å². The summed E-state index contributed by atoms with van der Waals surface area (Å²) >= 11 is 0. The van der Waals surface area contributed by atoms with Crippen molar-refractivity contribution >= 4 is 0 Å². The molecule has 11 heteroatoms. The average molecular weight is 358 g/mol. The van der Waals surface area contributed by atoms with Crippen LogP contribution in [-0.4, -0.2) is 20.8 Å². The van der Waals surface area contributed by atoms with Crippen molar-refractivity contribution in [3.63, 3.8) is 0 Å². The van der Waals surface area contributed by atoms with Gasteiger partial charge >= 0.3 is 6.18 Å². The standard InChI is InChI=1S/C13H6F8N2O/c14-5-1-4(2-6(15)9(5)16)23-7-3-12(17,18)11(24)8(7)10(22-23)13(19,20)21/h1-2,11,24H,3H2/t11-/m0/s1.